The topological polar surface area (TPSA) is 16.3 Å². The normalized spacial score (nSPS) is 13.6. The van der Waals surface area contributed by atoms with Gasteiger partial charge in [-0.05, 0) is 91.3 Å². The van der Waals surface area contributed by atoms with E-state index in [-0.39, 0.29) is 59.1 Å². The first-order valence-corrected chi connectivity index (χ1v) is 46.5. The van der Waals surface area contributed by atoms with Crippen LogP contribution in [0, 0.1) is 0 Å². The molecular formula is C118H111BN4Se. The summed E-state index contributed by atoms with van der Waals surface area (Å²) in [5.41, 5.74) is 39.3. The van der Waals surface area contributed by atoms with Crippen LogP contribution in [0.4, 0.5) is 34.1 Å². The van der Waals surface area contributed by atoms with Crippen LogP contribution < -0.4 is 26.2 Å². The van der Waals surface area contributed by atoms with E-state index in [1.54, 1.807) is 0 Å². The molecule has 0 amide bonds. The van der Waals surface area contributed by atoms with Gasteiger partial charge in [0.1, 0.15) is 0 Å². The van der Waals surface area contributed by atoms with Gasteiger partial charge in [0.15, 0.2) is 0 Å². The van der Waals surface area contributed by atoms with Gasteiger partial charge in [-0.25, -0.2) is 0 Å². The third-order valence-corrected chi connectivity index (χ3v) is 29.9. The molecular weight excluding hydrogens is 1560 g/mol. The number of nitrogens with zero attached hydrogens (tertiary/aromatic N) is 4. The van der Waals surface area contributed by atoms with Crippen LogP contribution in [0.2, 0.25) is 0 Å². The fraction of sp³-hybridized carbons (Fsp3) is 0.237. The molecule has 15 aromatic carbocycles. The van der Waals surface area contributed by atoms with Crippen LogP contribution in [-0.2, 0) is 37.9 Å². The zero-order valence-corrected chi connectivity index (χ0v) is 77.7. The molecule has 0 atom stereocenters. The average Bonchev–Trinajstić information content (AvgIpc) is 0.710. The predicted octanol–water partition coefficient (Wildman–Crippen LogP) is 30.7. The summed E-state index contributed by atoms with van der Waals surface area (Å²) in [4.78, 5) is 5.62. The van der Waals surface area contributed by atoms with Crippen molar-refractivity contribution in [1.82, 2.24) is 9.13 Å². The molecule has 4 nitrogen and oxygen atoms in total. The van der Waals surface area contributed by atoms with Crippen LogP contribution in [0.25, 0.3) is 141 Å². The summed E-state index contributed by atoms with van der Waals surface area (Å²) in [7, 11) is 0. The summed E-state index contributed by atoms with van der Waals surface area (Å²) >= 11 is 0.139. The molecule has 3 aliphatic rings. The van der Waals surface area contributed by atoms with Gasteiger partial charge in [0, 0.05) is 32.9 Å². The quantitative estimate of drug-likeness (QED) is 0.163. The zero-order valence-electron chi connectivity index (χ0n) is 76.0. The van der Waals surface area contributed by atoms with Crippen molar-refractivity contribution in [3.63, 3.8) is 0 Å². The van der Waals surface area contributed by atoms with E-state index in [1.165, 1.54) is 163 Å². The Labute approximate surface area is 739 Å². The van der Waals surface area contributed by atoms with E-state index in [0.29, 0.717) is 0 Å². The van der Waals surface area contributed by atoms with E-state index in [9.17, 15) is 0 Å². The first kappa shape index (κ1) is 79.3. The van der Waals surface area contributed by atoms with E-state index in [2.05, 4.69) is 456 Å². The molecule has 13 bridgehead atoms. The molecule has 0 saturated heterocycles. The van der Waals surface area contributed by atoms with E-state index in [0.717, 1.165) is 67.8 Å². The van der Waals surface area contributed by atoms with Gasteiger partial charge in [-0.3, -0.25) is 0 Å². The van der Waals surface area contributed by atoms with Crippen molar-refractivity contribution in [1.29, 1.82) is 0 Å². The van der Waals surface area contributed by atoms with Gasteiger partial charge in [-0.15, -0.1) is 0 Å². The summed E-state index contributed by atoms with van der Waals surface area (Å²) in [6, 6.07) is 117. The molecule has 0 unspecified atom stereocenters. The Morgan fingerprint density at radius 3 is 0.847 bits per heavy atom. The molecule has 21 rings (SSSR count). The summed E-state index contributed by atoms with van der Waals surface area (Å²) in [5, 5.41) is 7.64. The van der Waals surface area contributed by atoms with E-state index in [4.69, 9.17) is 0 Å². The molecule has 3 aromatic heterocycles. The number of rotatable bonds is 4. The average molecular weight is 1670 g/mol. The van der Waals surface area contributed by atoms with Gasteiger partial charge >= 0.3 is 382 Å². The maximum absolute atomic E-state index is 2.81. The molecule has 6 heteroatoms. The summed E-state index contributed by atoms with van der Waals surface area (Å²) in [6.45, 7) is 49.7. The van der Waals surface area contributed by atoms with Crippen LogP contribution >= 0.6 is 0 Å². The third kappa shape index (κ3) is 12.9. The maximum atomic E-state index is 2.81. The van der Waals surface area contributed by atoms with Gasteiger partial charge in [-0.1, -0.05) is 201 Å². The van der Waals surface area contributed by atoms with Crippen molar-refractivity contribution in [2.45, 2.75) is 183 Å². The van der Waals surface area contributed by atoms with E-state index < -0.39 is 0 Å². The van der Waals surface area contributed by atoms with Crippen LogP contribution in [0.1, 0.15) is 184 Å². The van der Waals surface area contributed by atoms with Crippen LogP contribution in [0.15, 0.2) is 291 Å². The Balaban J connectivity index is 0.989. The first-order chi connectivity index (χ1) is 58.9. The molecule has 0 aliphatic carbocycles. The van der Waals surface area contributed by atoms with Crippen molar-refractivity contribution in [2.75, 3.05) is 9.80 Å². The summed E-state index contributed by atoms with van der Waals surface area (Å²) in [6.07, 6.45) is 0. The second-order valence-electron chi connectivity index (χ2n) is 43.1. The minimum absolute atomic E-state index is 0.118. The molecule has 0 radical (unpaired) electrons. The number of aromatic nitrogens is 2. The second-order valence-corrected chi connectivity index (χ2v) is 45.4. The number of fused-ring (bicyclic) bond motifs is 26. The molecule has 6 heterocycles. The zero-order chi connectivity index (χ0) is 86.3. The van der Waals surface area contributed by atoms with Crippen molar-refractivity contribution in [3.05, 3.63) is 330 Å². The monoisotopic (exact) mass is 1670 g/mol. The number of benzene rings is 15. The third-order valence-electron chi connectivity index (χ3n) is 27.5. The van der Waals surface area contributed by atoms with Gasteiger partial charge < -0.3 is 9.13 Å². The number of anilines is 6. The molecule has 0 saturated carbocycles. The summed E-state index contributed by atoms with van der Waals surface area (Å²) < 4.78 is 8.11. The number of hydrogen-bond acceptors (Lipinski definition) is 2. The van der Waals surface area contributed by atoms with Crippen LogP contribution in [0.5, 0.6) is 0 Å². The van der Waals surface area contributed by atoms with E-state index in [1.807, 2.05) is 0 Å². The first-order valence-electron chi connectivity index (χ1n) is 44.8. The Hall–Kier alpha value is -11.9. The van der Waals surface area contributed by atoms with Crippen LogP contribution in [0.3, 0.4) is 0 Å². The SMILES string of the molecule is CC(C)(C)c1cc(-c2ccccc2)c2c(c1)-c1cccc(c1)-c1ccc3[se]c4ccc(cc4c3c1)-c1cccc(c1)-c1cc(C(C)(C)C)cc(-c3ccccc3)c1N1c3cc(-n4c5cc(C(C)(C)C)ccc5c5ccc(C(C)(C)C)cc54)ccc3B3c4ccc(-n5c6cc(C(C)(C)C)ccc6c6ccc(C(C)(C)C)cc65)cc4N2c2cc(C(C)(C)C)cc1c23. The van der Waals surface area contributed by atoms with Gasteiger partial charge in [0.2, 0.25) is 0 Å². The van der Waals surface area contributed by atoms with Crippen molar-refractivity contribution in [2.24, 2.45) is 0 Å². The molecule has 3 aliphatic heterocycles. The van der Waals surface area contributed by atoms with Gasteiger partial charge in [0.05, 0.1) is 22.1 Å². The Morgan fingerprint density at radius 1 is 0.218 bits per heavy atom. The minimum atomic E-state index is -0.386. The molecule has 0 fully saturated rings. The molecule has 612 valence electrons. The van der Waals surface area contributed by atoms with Crippen molar-refractivity contribution in [3.8, 4) is 78.1 Å². The fourth-order valence-corrected chi connectivity index (χ4v) is 22.5. The van der Waals surface area contributed by atoms with Crippen molar-refractivity contribution >= 4 is 135 Å². The van der Waals surface area contributed by atoms with E-state index >= 15 is 0 Å². The Morgan fingerprint density at radius 2 is 0.516 bits per heavy atom. The van der Waals surface area contributed by atoms with Crippen LogP contribution in [-0.4, -0.2) is 30.4 Å². The molecule has 18 aromatic rings. The van der Waals surface area contributed by atoms with Crippen molar-refractivity contribution < 1.29 is 0 Å². The Kier molecular flexibility index (Phi) is 17.8. The standard InChI is InChI=1S/C118H111BN4Se/c1-112(2,3)78-40-46-87-88-47-41-79(113(4,5)6)63-100(88)120(99(87)62-78)85-44-50-97-103(68-85)122-105-66-84(118(19,20)21)67-106-109(105)119(97)98-51-45-86(121-101-64-80(114(7,8)9)42-48-89(101)90-49-43-81(65-102(90)121)115(10,11)12)69-104(98)123(106)111-92(71-32-26-23-27-33-71)59-83(117(16,17)18)61-94(111)77-37-29-35-73(55-77)75-39-53-108-96(57-75)95-56-74(38-52-107(95)124-108)72-34-28-36-76(54-72)93-60-82(116(13,14)15)58-91(110(93)122)70-30-24-22-25-31-70/h22-69H,1-21H3. The van der Waals surface area contributed by atoms with Gasteiger partial charge in [0.25, 0.3) is 6.71 Å². The summed E-state index contributed by atoms with van der Waals surface area (Å²) in [5.74, 6) is 0. The second kappa shape index (κ2) is 27.8. The molecule has 124 heavy (non-hydrogen) atoms. The Bertz CT molecular complexity index is 6940. The fourth-order valence-electron chi connectivity index (χ4n) is 20.2. The van der Waals surface area contributed by atoms with Gasteiger partial charge in [-0.2, -0.15) is 0 Å². The molecule has 0 spiro atoms. The predicted molar refractivity (Wildman–Crippen MR) is 538 cm³/mol. The molecule has 0 N–H and O–H groups in total. The number of hydrogen-bond donors (Lipinski definition) is 0.